The first kappa shape index (κ1) is 14.2. The van der Waals surface area contributed by atoms with Crippen LogP contribution >= 0.6 is 0 Å². The second kappa shape index (κ2) is 5.24. The van der Waals surface area contributed by atoms with Crippen molar-refractivity contribution in [2.24, 2.45) is 0 Å². The van der Waals surface area contributed by atoms with Crippen molar-refractivity contribution < 1.29 is 18.8 Å². The molecular formula is C16H21N2O3+. The van der Waals surface area contributed by atoms with Gasteiger partial charge >= 0.3 is 0 Å². The molecule has 0 aromatic heterocycles. The van der Waals surface area contributed by atoms with Gasteiger partial charge in [-0.15, -0.1) is 0 Å². The van der Waals surface area contributed by atoms with Crippen molar-refractivity contribution in [1.82, 2.24) is 4.90 Å². The Morgan fingerprint density at radius 3 is 2.19 bits per heavy atom. The Bertz CT molecular complexity index is 544. The summed E-state index contributed by atoms with van der Waals surface area (Å²) in [6.07, 6.45) is 0. The number of nitrogens with zero attached hydrogens (tertiary/aromatic N) is 2. The summed E-state index contributed by atoms with van der Waals surface area (Å²) in [6, 6.07) is 6.95. The quantitative estimate of drug-likeness (QED) is 0.619. The van der Waals surface area contributed by atoms with E-state index in [1.807, 2.05) is 6.92 Å². The summed E-state index contributed by atoms with van der Waals surface area (Å²) < 4.78 is 6.24. The van der Waals surface area contributed by atoms with Gasteiger partial charge in [-0.3, -0.25) is 14.5 Å². The molecule has 5 nitrogen and oxygen atoms in total. The molecule has 2 aliphatic rings. The number of carbonyl (C=O) groups excluding carboxylic acids is 2. The lowest BCUT2D eigenvalue weighted by atomic mass is 10.1. The van der Waals surface area contributed by atoms with E-state index in [4.69, 9.17) is 4.74 Å². The molecule has 1 saturated heterocycles. The smallest absolute Gasteiger partial charge is 0.262 e. The van der Waals surface area contributed by atoms with Crippen LogP contribution in [0.15, 0.2) is 24.3 Å². The van der Waals surface area contributed by atoms with E-state index in [1.165, 1.54) is 4.90 Å². The van der Waals surface area contributed by atoms with Gasteiger partial charge in [-0.1, -0.05) is 12.1 Å². The molecule has 1 fully saturated rings. The van der Waals surface area contributed by atoms with E-state index in [0.29, 0.717) is 11.1 Å². The molecule has 112 valence electrons. The van der Waals surface area contributed by atoms with Crippen LogP contribution in [0.5, 0.6) is 0 Å². The number of hydrogen-bond donors (Lipinski definition) is 0. The van der Waals surface area contributed by atoms with Crippen molar-refractivity contribution in [3.8, 4) is 0 Å². The Labute approximate surface area is 124 Å². The SMILES string of the molecule is CC(C[N+]1(C)CCOCC1)N1C(=O)c2ccccc2C1=O. The molecule has 1 aromatic carbocycles. The van der Waals surface area contributed by atoms with Crippen molar-refractivity contribution in [3.05, 3.63) is 35.4 Å². The van der Waals surface area contributed by atoms with Crippen molar-refractivity contribution in [2.75, 3.05) is 39.9 Å². The van der Waals surface area contributed by atoms with Crippen LogP contribution in [0.3, 0.4) is 0 Å². The van der Waals surface area contributed by atoms with Gasteiger partial charge in [0.15, 0.2) is 0 Å². The van der Waals surface area contributed by atoms with Crippen LogP contribution in [0.4, 0.5) is 0 Å². The average Bonchev–Trinajstić information content (AvgIpc) is 2.72. The number of imide groups is 1. The maximum absolute atomic E-state index is 12.5. The normalized spacial score (nSPS) is 22.3. The molecule has 3 rings (SSSR count). The molecule has 5 heteroatoms. The van der Waals surface area contributed by atoms with Crippen molar-refractivity contribution in [2.45, 2.75) is 13.0 Å². The summed E-state index contributed by atoms with van der Waals surface area (Å²) in [5, 5.41) is 0. The van der Waals surface area contributed by atoms with Gasteiger partial charge < -0.3 is 9.22 Å². The Hall–Kier alpha value is -1.72. The molecule has 0 N–H and O–H groups in total. The van der Waals surface area contributed by atoms with E-state index >= 15 is 0 Å². The monoisotopic (exact) mass is 289 g/mol. The van der Waals surface area contributed by atoms with Crippen LogP contribution in [-0.2, 0) is 4.74 Å². The minimum Gasteiger partial charge on any atom is -0.370 e. The highest BCUT2D eigenvalue weighted by Crippen LogP contribution is 2.25. The van der Waals surface area contributed by atoms with Gasteiger partial charge in [0, 0.05) is 0 Å². The summed E-state index contributed by atoms with van der Waals surface area (Å²) in [7, 11) is 2.16. The molecule has 1 aromatic rings. The van der Waals surface area contributed by atoms with Gasteiger partial charge in [0.2, 0.25) is 0 Å². The second-order valence-corrected chi connectivity index (χ2v) is 6.24. The molecule has 0 spiro atoms. The average molecular weight is 289 g/mol. The minimum atomic E-state index is -0.164. The van der Waals surface area contributed by atoms with E-state index in [9.17, 15) is 9.59 Å². The zero-order valence-electron chi connectivity index (χ0n) is 12.5. The fraction of sp³-hybridized carbons (Fsp3) is 0.500. The predicted molar refractivity (Wildman–Crippen MR) is 78.0 cm³/mol. The maximum Gasteiger partial charge on any atom is 0.262 e. The zero-order valence-corrected chi connectivity index (χ0v) is 12.5. The first-order valence-electron chi connectivity index (χ1n) is 7.40. The topological polar surface area (TPSA) is 46.6 Å². The summed E-state index contributed by atoms with van der Waals surface area (Å²) in [5.74, 6) is -0.328. The maximum atomic E-state index is 12.5. The summed E-state index contributed by atoms with van der Waals surface area (Å²) >= 11 is 0. The van der Waals surface area contributed by atoms with Gasteiger partial charge in [-0.2, -0.15) is 0 Å². The Balaban J connectivity index is 1.78. The van der Waals surface area contributed by atoms with Crippen molar-refractivity contribution in [1.29, 1.82) is 0 Å². The third kappa shape index (κ3) is 2.47. The Morgan fingerprint density at radius 1 is 1.14 bits per heavy atom. The number of likely N-dealkylation sites (N-methyl/N-ethyl adjacent to an activating group) is 1. The number of ether oxygens (including phenoxy) is 1. The zero-order chi connectivity index (χ0) is 15.0. The molecule has 1 unspecified atom stereocenters. The molecule has 0 bridgehead atoms. The fourth-order valence-corrected chi connectivity index (χ4v) is 3.29. The highest BCUT2D eigenvalue weighted by Gasteiger charge is 2.41. The van der Waals surface area contributed by atoms with Gasteiger partial charge in [0.25, 0.3) is 11.8 Å². The number of rotatable bonds is 3. The van der Waals surface area contributed by atoms with Crippen LogP contribution in [0.25, 0.3) is 0 Å². The number of fused-ring (bicyclic) bond motifs is 1. The summed E-state index contributed by atoms with van der Waals surface area (Å²) in [5.41, 5.74) is 1.05. The van der Waals surface area contributed by atoms with Crippen LogP contribution in [0.2, 0.25) is 0 Å². The van der Waals surface area contributed by atoms with Crippen molar-refractivity contribution in [3.63, 3.8) is 0 Å². The summed E-state index contributed by atoms with van der Waals surface area (Å²) in [4.78, 5) is 26.4. The lowest BCUT2D eigenvalue weighted by Gasteiger charge is -2.40. The van der Waals surface area contributed by atoms with Crippen LogP contribution in [-0.4, -0.2) is 67.1 Å². The molecule has 21 heavy (non-hydrogen) atoms. The molecule has 2 aliphatic heterocycles. The molecule has 0 saturated carbocycles. The van der Waals surface area contributed by atoms with Crippen molar-refractivity contribution >= 4 is 11.8 Å². The van der Waals surface area contributed by atoms with Gasteiger partial charge in [0.05, 0.1) is 44.0 Å². The number of hydrogen-bond acceptors (Lipinski definition) is 3. The highest BCUT2D eigenvalue weighted by molar-refractivity contribution is 6.21. The number of amides is 2. The van der Waals surface area contributed by atoms with Crippen LogP contribution in [0, 0.1) is 0 Å². The van der Waals surface area contributed by atoms with Gasteiger partial charge in [0.1, 0.15) is 13.1 Å². The summed E-state index contributed by atoms with van der Waals surface area (Å²) in [6.45, 7) is 6.06. The van der Waals surface area contributed by atoms with Gasteiger partial charge in [-0.05, 0) is 19.1 Å². The van der Waals surface area contributed by atoms with Crippen LogP contribution < -0.4 is 0 Å². The first-order valence-corrected chi connectivity index (χ1v) is 7.40. The van der Waals surface area contributed by atoms with E-state index in [1.54, 1.807) is 24.3 Å². The molecule has 1 atom stereocenters. The number of morpholine rings is 1. The number of carbonyl (C=O) groups is 2. The standard InChI is InChI=1S/C16H21N2O3/c1-12(11-18(2)7-9-21-10-8-18)17-15(19)13-5-3-4-6-14(13)16(17)20/h3-6,12H,7-11H2,1-2H3/q+1. The Kier molecular flexibility index (Phi) is 3.55. The predicted octanol–water partition coefficient (Wildman–Crippen LogP) is 1.15. The highest BCUT2D eigenvalue weighted by atomic mass is 16.5. The lowest BCUT2D eigenvalue weighted by molar-refractivity contribution is -0.918. The second-order valence-electron chi connectivity index (χ2n) is 6.24. The van der Waals surface area contributed by atoms with E-state index in [-0.39, 0.29) is 17.9 Å². The third-order valence-corrected chi connectivity index (χ3v) is 4.52. The largest absolute Gasteiger partial charge is 0.370 e. The minimum absolute atomic E-state index is 0.111. The third-order valence-electron chi connectivity index (χ3n) is 4.52. The molecule has 2 amide bonds. The molecular weight excluding hydrogens is 268 g/mol. The van der Waals surface area contributed by atoms with Crippen LogP contribution in [0.1, 0.15) is 27.6 Å². The molecule has 2 heterocycles. The van der Waals surface area contributed by atoms with E-state index in [2.05, 4.69) is 7.05 Å². The van der Waals surface area contributed by atoms with E-state index in [0.717, 1.165) is 37.3 Å². The molecule has 0 radical (unpaired) electrons. The van der Waals surface area contributed by atoms with E-state index < -0.39 is 0 Å². The van der Waals surface area contributed by atoms with Gasteiger partial charge in [-0.25, -0.2) is 0 Å². The Morgan fingerprint density at radius 2 is 1.67 bits per heavy atom. The fourth-order valence-electron chi connectivity index (χ4n) is 3.29. The number of benzene rings is 1. The lowest BCUT2D eigenvalue weighted by Crippen LogP contribution is -2.58. The first-order chi connectivity index (χ1) is 10.0. The number of quaternary nitrogens is 1. The molecule has 0 aliphatic carbocycles.